The lowest BCUT2D eigenvalue weighted by atomic mass is 9.44. The standard InChI is InChI=1S/C27H44O9/c1-13(28)27(34)11-8-18-16-5-4-14-12-15(6-9-25(14,2)17(16)7-10-26(18,27)3)35-24-21(31)19(29)20(30)22(36-24)23(32)33/h13-22,24,28-31,34H,4-12H2,1-3H3,(H,32,33). The van der Waals surface area contributed by atoms with E-state index in [0.29, 0.717) is 30.1 Å². The molecular weight excluding hydrogens is 468 g/mol. The van der Waals surface area contributed by atoms with Crippen molar-refractivity contribution in [1.29, 1.82) is 0 Å². The van der Waals surface area contributed by atoms with E-state index in [0.717, 1.165) is 51.4 Å². The minimum Gasteiger partial charge on any atom is -0.479 e. The van der Waals surface area contributed by atoms with Gasteiger partial charge in [0.1, 0.15) is 18.3 Å². The Morgan fingerprint density at radius 2 is 1.64 bits per heavy atom. The van der Waals surface area contributed by atoms with Gasteiger partial charge in [-0.05, 0) is 93.8 Å². The lowest BCUT2D eigenvalue weighted by Crippen LogP contribution is -2.61. The van der Waals surface area contributed by atoms with E-state index in [1.54, 1.807) is 6.92 Å². The van der Waals surface area contributed by atoms with E-state index in [2.05, 4.69) is 13.8 Å². The molecule has 5 rings (SSSR count). The van der Waals surface area contributed by atoms with Crippen LogP contribution in [0.5, 0.6) is 0 Å². The van der Waals surface area contributed by atoms with Crippen LogP contribution in [0, 0.1) is 34.5 Å². The molecule has 6 N–H and O–H groups in total. The molecule has 4 aliphatic carbocycles. The minimum atomic E-state index is -1.72. The van der Waals surface area contributed by atoms with E-state index in [1.165, 1.54) is 0 Å². The van der Waals surface area contributed by atoms with Crippen molar-refractivity contribution in [1.82, 2.24) is 0 Å². The molecule has 1 saturated heterocycles. The van der Waals surface area contributed by atoms with Crippen LogP contribution in [0.4, 0.5) is 0 Å². The Morgan fingerprint density at radius 3 is 2.31 bits per heavy atom. The summed E-state index contributed by atoms with van der Waals surface area (Å²) in [4.78, 5) is 11.4. The fraction of sp³-hybridized carbons (Fsp3) is 0.963. The van der Waals surface area contributed by atoms with Crippen molar-refractivity contribution in [3.8, 4) is 0 Å². The van der Waals surface area contributed by atoms with Crippen molar-refractivity contribution in [3.05, 3.63) is 0 Å². The van der Waals surface area contributed by atoms with Gasteiger partial charge >= 0.3 is 5.97 Å². The van der Waals surface area contributed by atoms with Crippen molar-refractivity contribution in [3.63, 3.8) is 0 Å². The third kappa shape index (κ3) is 3.80. The van der Waals surface area contributed by atoms with Gasteiger partial charge in [-0.2, -0.15) is 0 Å². The molecule has 0 aromatic carbocycles. The molecule has 9 heteroatoms. The SMILES string of the molecule is CC(O)C1(O)CCC2C3CCC4CC(OC5OC(C(=O)O)C(O)C(O)C5O)CCC4(C)C3CCC21C. The van der Waals surface area contributed by atoms with E-state index >= 15 is 0 Å². The molecule has 0 spiro atoms. The maximum atomic E-state index is 11.4. The molecule has 206 valence electrons. The van der Waals surface area contributed by atoms with Gasteiger partial charge in [0.2, 0.25) is 0 Å². The number of rotatable bonds is 4. The zero-order chi connectivity index (χ0) is 26.2. The van der Waals surface area contributed by atoms with E-state index in [9.17, 15) is 35.4 Å². The number of carboxylic acid groups (broad SMARTS) is 1. The normalized spacial score (nSPS) is 55.8. The van der Waals surface area contributed by atoms with Gasteiger partial charge in [-0.3, -0.25) is 0 Å². The summed E-state index contributed by atoms with van der Waals surface area (Å²) < 4.78 is 11.4. The molecule has 36 heavy (non-hydrogen) atoms. The highest BCUT2D eigenvalue weighted by atomic mass is 16.7. The molecule has 5 aliphatic rings. The van der Waals surface area contributed by atoms with Crippen molar-refractivity contribution >= 4 is 5.97 Å². The first-order valence-electron chi connectivity index (χ1n) is 13.8. The molecule has 0 amide bonds. The van der Waals surface area contributed by atoms with Crippen LogP contribution >= 0.6 is 0 Å². The number of carbonyl (C=O) groups is 1. The van der Waals surface area contributed by atoms with Gasteiger partial charge in [-0.1, -0.05) is 13.8 Å². The summed E-state index contributed by atoms with van der Waals surface area (Å²) in [5.74, 6) is 0.512. The van der Waals surface area contributed by atoms with Gasteiger partial charge in [0.15, 0.2) is 12.4 Å². The van der Waals surface area contributed by atoms with Gasteiger partial charge in [-0.25, -0.2) is 4.79 Å². The Balaban J connectivity index is 1.27. The summed E-state index contributed by atoms with van der Waals surface area (Å²) >= 11 is 0. The van der Waals surface area contributed by atoms with Gasteiger partial charge in [0.25, 0.3) is 0 Å². The van der Waals surface area contributed by atoms with Crippen LogP contribution in [0.1, 0.15) is 78.6 Å². The van der Waals surface area contributed by atoms with E-state index < -0.39 is 48.4 Å². The Kier molecular flexibility index (Phi) is 6.80. The molecule has 14 unspecified atom stereocenters. The first kappa shape index (κ1) is 26.8. The van der Waals surface area contributed by atoms with Crippen LogP contribution in [0.25, 0.3) is 0 Å². The van der Waals surface area contributed by atoms with Gasteiger partial charge in [-0.15, -0.1) is 0 Å². The van der Waals surface area contributed by atoms with Crippen LogP contribution < -0.4 is 0 Å². The molecule has 1 aliphatic heterocycles. The number of aliphatic hydroxyl groups excluding tert-OH is 4. The zero-order valence-corrected chi connectivity index (χ0v) is 21.6. The van der Waals surface area contributed by atoms with Gasteiger partial charge in [0, 0.05) is 5.41 Å². The molecule has 1 heterocycles. The monoisotopic (exact) mass is 512 g/mol. The first-order valence-corrected chi connectivity index (χ1v) is 13.8. The summed E-state index contributed by atoms with van der Waals surface area (Å²) in [5, 5.41) is 61.7. The highest BCUT2D eigenvalue weighted by Gasteiger charge is 2.66. The van der Waals surface area contributed by atoms with Crippen molar-refractivity contribution in [2.24, 2.45) is 34.5 Å². The van der Waals surface area contributed by atoms with E-state index in [4.69, 9.17) is 9.47 Å². The largest absolute Gasteiger partial charge is 0.479 e. The second-order valence-corrected chi connectivity index (χ2v) is 13.0. The average Bonchev–Trinajstić information content (AvgIpc) is 3.11. The van der Waals surface area contributed by atoms with Crippen molar-refractivity contribution in [2.75, 3.05) is 0 Å². The van der Waals surface area contributed by atoms with E-state index in [1.807, 2.05) is 0 Å². The molecule has 0 aromatic heterocycles. The fourth-order valence-electron chi connectivity index (χ4n) is 9.43. The number of carboxylic acids is 1. The summed E-state index contributed by atoms with van der Waals surface area (Å²) in [6.07, 6.45) is -0.627. The number of aliphatic carboxylic acids is 1. The third-order valence-corrected chi connectivity index (χ3v) is 11.7. The van der Waals surface area contributed by atoms with Crippen LogP contribution in [-0.4, -0.2) is 85.1 Å². The summed E-state index contributed by atoms with van der Waals surface area (Å²) in [6, 6.07) is 0. The van der Waals surface area contributed by atoms with Crippen LogP contribution in [-0.2, 0) is 14.3 Å². The third-order valence-electron chi connectivity index (χ3n) is 11.7. The highest BCUT2D eigenvalue weighted by Crippen LogP contribution is 2.68. The molecule has 0 aromatic rings. The molecule has 0 radical (unpaired) electrons. The second-order valence-electron chi connectivity index (χ2n) is 13.0. The molecule has 14 atom stereocenters. The summed E-state index contributed by atoms with van der Waals surface area (Å²) in [7, 11) is 0. The second kappa shape index (κ2) is 9.14. The molecule has 0 bridgehead atoms. The number of hydrogen-bond acceptors (Lipinski definition) is 8. The minimum absolute atomic E-state index is 0.140. The quantitative estimate of drug-likeness (QED) is 0.307. The predicted octanol–water partition coefficient (Wildman–Crippen LogP) is 1.42. The first-order chi connectivity index (χ1) is 16.8. The molecule has 5 fully saturated rings. The Bertz CT molecular complexity index is 851. The van der Waals surface area contributed by atoms with Crippen LogP contribution in [0.2, 0.25) is 0 Å². The topological polar surface area (TPSA) is 157 Å². The number of aliphatic hydroxyl groups is 5. The molecular formula is C27H44O9. The Morgan fingerprint density at radius 1 is 0.944 bits per heavy atom. The van der Waals surface area contributed by atoms with Crippen molar-refractivity contribution in [2.45, 2.75) is 127 Å². The highest BCUT2D eigenvalue weighted by molar-refractivity contribution is 5.73. The maximum Gasteiger partial charge on any atom is 0.335 e. The van der Waals surface area contributed by atoms with Crippen molar-refractivity contribution < 1.29 is 44.9 Å². The Labute approximate surface area is 212 Å². The van der Waals surface area contributed by atoms with E-state index in [-0.39, 0.29) is 16.9 Å². The summed E-state index contributed by atoms with van der Waals surface area (Å²) in [5.41, 5.74) is -1.13. The lowest BCUT2D eigenvalue weighted by Gasteiger charge is -2.62. The summed E-state index contributed by atoms with van der Waals surface area (Å²) in [6.45, 7) is 6.32. The number of fused-ring (bicyclic) bond motifs is 5. The fourth-order valence-corrected chi connectivity index (χ4v) is 9.43. The number of ether oxygens (including phenoxy) is 2. The van der Waals surface area contributed by atoms with Crippen LogP contribution in [0.15, 0.2) is 0 Å². The average molecular weight is 513 g/mol. The zero-order valence-electron chi connectivity index (χ0n) is 21.6. The smallest absolute Gasteiger partial charge is 0.335 e. The Hall–Kier alpha value is -0.810. The maximum absolute atomic E-state index is 11.4. The molecule has 9 nitrogen and oxygen atoms in total. The van der Waals surface area contributed by atoms with Gasteiger partial charge < -0.3 is 40.1 Å². The molecule has 4 saturated carbocycles. The van der Waals surface area contributed by atoms with Crippen LogP contribution in [0.3, 0.4) is 0 Å². The van der Waals surface area contributed by atoms with Gasteiger partial charge in [0.05, 0.1) is 17.8 Å². The lowest BCUT2D eigenvalue weighted by molar-refractivity contribution is -0.309. The predicted molar refractivity (Wildman–Crippen MR) is 128 cm³/mol. The number of hydrogen-bond donors (Lipinski definition) is 6.